The Balaban J connectivity index is 2.22. The Kier molecular flexibility index (Phi) is 2.67. The molecule has 2 aromatic rings. The van der Waals surface area contributed by atoms with Crippen LogP contribution in [0.15, 0.2) is 36.4 Å². The molecule has 0 radical (unpaired) electrons. The molecule has 0 aliphatic carbocycles. The molecule has 0 unspecified atom stereocenters. The van der Waals surface area contributed by atoms with Gasteiger partial charge >= 0.3 is 0 Å². The van der Waals surface area contributed by atoms with Gasteiger partial charge in [-0.2, -0.15) is 4.74 Å². The molecule has 0 N–H and O–H groups in total. The third kappa shape index (κ3) is 1.72. The van der Waals surface area contributed by atoms with Crippen molar-refractivity contribution in [3.63, 3.8) is 0 Å². The second-order valence-corrected chi connectivity index (χ2v) is 4.94. The van der Waals surface area contributed by atoms with Gasteiger partial charge in [-0.15, -0.1) is 0 Å². The van der Waals surface area contributed by atoms with E-state index in [4.69, 9.17) is 0 Å². The fourth-order valence-electron chi connectivity index (χ4n) is 2.38. The van der Waals surface area contributed by atoms with Crippen LogP contribution in [0.3, 0.4) is 0 Å². The molecule has 1 aliphatic rings. The van der Waals surface area contributed by atoms with Crippen LogP contribution in [-0.2, 0) is 0 Å². The third-order valence-corrected chi connectivity index (χ3v) is 3.59. The van der Waals surface area contributed by atoms with Gasteiger partial charge in [0.25, 0.3) is 11.5 Å². The van der Waals surface area contributed by atoms with Crippen LogP contribution >= 0.6 is 0 Å². The zero-order valence-electron chi connectivity index (χ0n) is 11.1. The highest BCUT2D eigenvalue weighted by Crippen LogP contribution is 2.30. The maximum Gasteiger partial charge on any atom is 0.273 e. The molecular weight excluding hydrogens is 257 g/mol. The van der Waals surface area contributed by atoms with E-state index in [0.29, 0.717) is 21.6 Å². The summed E-state index contributed by atoms with van der Waals surface area (Å²) < 4.78 is 13.9. The molecule has 0 aromatic heterocycles. The van der Waals surface area contributed by atoms with Gasteiger partial charge < -0.3 is 5.21 Å². The highest BCUT2D eigenvalue weighted by Gasteiger charge is 2.37. The van der Waals surface area contributed by atoms with Crippen LogP contribution in [0, 0.1) is 24.9 Å². The molecule has 20 heavy (non-hydrogen) atoms. The van der Waals surface area contributed by atoms with E-state index in [9.17, 15) is 14.4 Å². The smallest absolute Gasteiger partial charge is 0.273 e. The molecule has 0 saturated carbocycles. The number of fused-ring (bicyclic) bond motifs is 1. The van der Waals surface area contributed by atoms with Crippen molar-refractivity contribution in [1.82, 2.24) is 0 Å². The SMILES string of the molecule is Cc1cc2c(cc1C)[N+]([O-])=C(c1cccc(F)c1)C2=O. The van der Waals surface area contributed by atoms with Crippen molar-refractivity contribution in [3.05, 3.63) is 69.7 Å². The second-order valence-electron chi connectivity index (χ2n) is 4.94. The molecule has 3 rings (SSSR count). The minimum absolute atomic E-state index is 0.0236. The zero-order valence-corrected chi connectivity index (χ0v) is 11.1. The molecule has 0 amide bonds. The highest BCUT2D eigenvalue weighted by atomic mass is 19.1. The van der Waals surface area contributed by atoms with Gasteiger partial charge in [0.15, 0.2) is 0 Å². The lowest BCUT2D eigenvalue weighted by atomic mass is 9.99. The van der Waals surface area contributed by atoms with E-state index in [1.54, 1.807) is 18.2 Å². The Morgan fingerprint density at radius 3 is 2.50 bits per heavy atom. The number of nitrogens with zero attached hydrogens (tertiary/aromatic N) is 1. The Bertz CT molecular complexity index is 778. The molecule has 0 spiro atoms. The van der Waals surface area contributed by atoms with Crippen molar-refractivity contribution in [3.8, 4) is 0 Å². The number of hydrogen-bond acceptors (Lipinski definition) is 2. The summed E-state index contributed by atoms with van der Waals surface area (Å²) in [5.41, 5.74) is 2.88. The van der Waals surface area contributed by atoms with Crippen LogP contribution in [0.1, 0.15) is 27.0 Å². The summed E-state index contributed by atoms with van der Waals surface area (Å²) in [6.07, 6.45) is 0. The predicted molar refractivity (Wildman–Crippen MR) is 74.0 cm³/mol. The maximum absolute atomic E-state index is 13.3. The molecule has 4 heteroatoms. The first-order valence-corrected chi connectivity index (χ1v) is 6.25. The molecular formula is C16H12FNO2. The minimum Gasteiger partial charge on any atom is -0.618 e. The predicted octanol–water partition coefficient (Wildman–Crippen LogP) is 3.27. The van der Waals surface area contributed by atoms with Crippen LogP contribution in [-0.4, -0.2) is 16.2 Å². The average Bonchev–Trinajstić information content (AvgIpc) is 2.63. The number of halogens is 1. The number of rotatable bonds is 1. The van der Waals surface area contributed by atoms with Crippen LogP contribution in [0.2, 0.25) is 0 Å². The Hall–Kier alpha value is -2.49. The van der Waals surface area contributed by atoms with Crippen LogP contribution in [0.25, 0.3) is 0 Å². The van der Waals surface area contributed by atoms with Crippen molar-refractivity contribution in [2.45, 2.75) is 13.8 Å². The molecule has 0 bridgehead atoms. The first-order valence-electron chi connectivity index (χ1n) is 6.25. The standard InChI is InChI=1S/C16H12FNO2/c1-9-6-13-14(7-10(9)2)18(20)15(16(13)19)11-4-3-5-12(17)8-11/h3-8H,1-2H3. The topological polar surface area (TPSA) is 43.1 Å². The monoisotopic (exact) mass is 269 g/mol. The van der Waals surface area contributed by atoms with Gasteiger partial charge in [-0.3, -0.25) is 4.79 Å². The van der Waals surface area contributed by atoms with Crippen molar-refractivity contribution in [1.29, 1.82) is 0 Å². The Labute approximate surface area is 115 Å². The first kappa shape index (κ1) is 12.5. The van der Waals surface area contributed by atoms with Gasteiger partial charge in [-0.25, -0.2) is 4.39 Å². The third-order valence-electron chi connectivity index (χ3n) is 3.59. The largest absolute Gasteiger partial charge is 0.618 e. The van der Waals surface area contributed by atoms with E-state index in [2.05, 4.69) is 0 Å². The summed E-state index contributed by atoms with van der Waals surface area (Å²) in [5, 5.41) is 12.3. The Morgan fingerprint density at radius 2 is 1.80 bits per heavy atom. The lowest BCUT2D eigenvalue weighted by Crippen LogP contribution is -2.16. The quantitative estimate of drug-likeness (QED) is 0.589. The summed E-state index contributed by atoms with van der Waals surface area (Å²) in [7, 11) is 0. The summed E-state index contributed by atoms with van der Waals surface area (Å²) in [6, 6.07) is 8.93. The average molecular weight is 269 g/mol. The van der Waals surface area contributed by atoms with Crippen molar-refractivity contribution < 1.29 is 13.9 Å². The van der Waals surface area contributed by atoms with Gasteiger partial charge in [-0.05, 0) is 49.2 Å². The van der Waals surface area contributed by atoms with Crippen LogP contribution < -0.4 is 0 Å². The molecule has 0 atom stereocenters. The van der Waals surface area contributed by atoms with E-state index in [1.165, 1.54) is 18.2 Å². The van der Waals surface area contributed by atoms with Crippen molar-refractivity contribution >= 4 is 17.2 Å². The van der Waals surface area contributed by atoms with Gasteiger partial charge in [0.1, 0.15) is 11.4 Å². The number of carbonyl (C=O) groups excluding carboxylic acids is 1. The van der Waals surface area contributed by atoms with Gasteiger partial charge in [0.05, 0.1) is 5.56 Å². The number of aryl methyl sites for hydroxylation is 2. The fraction of sp³-hybridized carbons (Fsp3) is 0.125. The molecule has 2 aromatic carbocycles. The highest BCUT2D eigenvalue weighted by molar-refractivity contribution is 6.52. The van der Waals surface area contributed by atoms with E-state index >= 15 is 0 Å². The minimum atomic E-state index is -0.473. The molecule has 100 valence electrons. The Morgan fingerprint density at radius 1 is 1.10 bits per heavy atom. The number of carbonyl (C=O) groups is 1. The first-order chi connectivity index (χ1) is 9.49. The number of benzene rings is 2. The fourth-order valence-corrected chi connectivity index (χ4v) is 2.38. The zero-order chi connectivity index (χ0) is 14.4. The molecule has 1 aliphatic heterocycles. The lowest BCUT2D eigenvalue weighted by molar-refractivity contribution is -0.355. The molecule has 1 heterocycles. The summed E-state index contributed by atoms with van der Waals surface area (Å²) in [6.45, 7) is 3.77. The second kappa shape index (κ2) is 4.27. The van der Waals surface area contributed by atoms with E-state index in [0.717, 1.165) is 11.1 Å². The number of Topliss-reactive ketones (excluding diaryl/α,β-unsaturated/α-hetero) is 1. The van der Waals surface area contributed by atoms with E-state index < -0.39 is 5.82 Å². The molecule has 0 fully saturated rings. The summed E-state index contributed by atoms with van der Waals surface area (Å²) >= 11 is 0. The van der Waals surface area contributed by atoms with Crippen molar-refractivity contribution in [2.24, 2.45) is 0 Å². The van der Waals surface area contributed by atoms with Gasteiger partial charge in [0.2, 0.25) is 5.69 Å². The normalized spacial score (nSPS) is 13.8. The number of ketones is 1. The van der Waals surface area contributed by atoms with E-state index in [-0.39, 0.29) is 11.5 Å². The maximum atomic E-state index is 13.3. The lowest BCUT2D eigenvalue weighted by Gasteiger charge is -2.04. The van der Waals surface area contributed by atoms with Gasteiger partial charge in [-0.1, -0.05) is 6.07 Å². The van der Waals surface area contributed by atoms with Crippen LogP contribution in [0.5, 0.6) is 0 Å². The van der Waals surface area contributed by atoms with E-state index in [1.807, 2.05) is 13.8 Å². The summed E-state index contributed by atoms with van der Waals surface area (Å²) in [4.78, 5) is 12.4. The number of hydrogen-bond donors (Lipinski definition) is 0. The van der Waals surface area contributed by atoms with Crippen molar-refractivity contribution in [2.75, 3.05) is 0 Å². The summed E-state index contributed by atoms with van der Waals surface area (Å²) in [5.74, 6) is -0.830. The molecule has 0 saturated heterocycles. The van der Waals surface area contributed by atoms with Crippen LogP contribution in [0.4, 0.5) is 10.1 Å². The molecule has 3 nitrogen and oxygen atoms in total. The van der Waals surface area contributed by atoms with Gasteiger partial charge in [0, 0.05) is 6.07 Å².